The van der Waals surface area contributed by atoms with Crippen molar-refractivity contribution in [3.8, 4) is 0 Å². The Balaban J connectivity index is 0. The Hall–Kier alpha value is -2.30. The number of carbonyl (C=O) groups excluding carboxylic acids is 2. The number of aliphatic hydroxyl groups is 2. The van der Waals surface area contributed by atoms with Gasteiger partial charge in [-0.15, -0.1) is 0 Å². The van der Waals surface area contributed by atoms with Crippen LogP contribution >= 0.6 is 0 Å². The lowest BCUT2D eigenvalue weighted by Gasteiger charge is -2.16. The van der Waals surface area contributed by atoms with Crippen molar-refractivity contribution in [3.05, 3.63) is 48.6 Å². The van der Waals surface area contributed by atoms with E-state index >= 15 is 0 Å². The summed E-state index contributed by atoms with van der Waals surface area (Å²) in [7, 11) is 7.62. The van der Waals surface area contributed by atoms with E-state index in [1.165, 1.54) is 128 Å². The first-order valence-electron chi connectivity index (χ1n) is 24.3. The van der Waals surface area contributed by atoms with E-state index in [-0.39, 0.29) is 24.6 Å². The third-order valence-corrected chi connectivity index (χ3v) is 10.0. The van der Waals surface area contributed by atoms with E-state index < -0.39 is 6.29 Å². The van der Waals surface area contributed by atoms with Gasteiger partial charge < -0.3 is 34.2 Å². The molecular weight excluding hydrogens is 753 g/mol. The van der Waals surface area contributed by atoms with E-state index in [4.69, 9.17) is 24.4 Å². The second-order valence-corrected chi connectivity index (χ2v) is 16.7. The number of nitrogens with zero attached hydrogens (tertiary/aromatic N) is 2. The summed E-state index contributed by atoms with van der Waals surface area (Å²) in [5.41, 5.74) is 0. The SMILES string of the molecule is CCCCC/C=C\C/C=C\CCCCCCCCO.CCCCC/C=C\C/C=C\CCCCCCCCO.CN(C)CCC(=O)OC[C@@H]1CC[C@H](OC(=O)CCN(C)C)O1. The topological polar surface area (TPSA) is 109 Å². The summed E-state index contributed by atoms with van der Waals surface area (Å²) in [6, 6.07) is 0. The lowest BCUT2D eigenvalue weighted by Crippen LogP contribution is -2.25. The molecule has 1 rings (SSSR count). The van der Waals surface area contributed by atoms with Crippen LogP contribution in [0.4, 0.5) is 0 Å². The number of esters is 2. The van der Waals surface area contributed by atoms with Crippen LogP contribution in [0, 0.1) is 0 Å². The molecule has 0 radical (unpaired) electrons. The van der Waals surface area contributed by atoms with Crippen molar-refractivity contribution in [2.45, 2.75) is 206 Å². The summed E-state index contributed by atoms with van der Waals surface area (Å²) in [5, 5.41) is 17.3. The molecule has 0 unspecified atom stereocenters. The molecule has 1 aliphatic heterocycles. The Morgan fingerprint density at radius 3 is 1.32 bits per heavy atom. The highest BCUT2D eigenvalue weighted by molar-refractivity contribution is 5.70. The van der Waals surface area contributed by atoms with Gasteiger partial charge >= 0.3 is 11.9 Å². The zero-order valence-electron chi connectivity index (χ0n) is 39.9. The second kappa shape index (κ2) is 49.4. The normalized spacial score (nSPS) is 15.4. The average molecular weight is 849 g/mol. The van der Waals surface area contributed by atoms with Gasteiger partial charge in [-0.1, -0.05) is 140 Å². The zero-order chi connectivity index (χ0) is 44.6. The Bertz CT molecular complexity index is 981. The molecule has 0 aromatic heterocycles. The molecule has 0 aliphatic carbocycles. The van der Waals surface area contributed by atoms with Crippen LogP contribution in [0.5, 0.6) is 0 Å². The van der Waals surface area contributed by atoms with Gasteiger partial charge in [0.2, 0.25) is 6.29 Å². The van der Waals surface area contributed by atoms with Gasteiger partial charge in [-0.2, -0.15) is 0 Å². The molecule has 1 saturated heterocycles. The summed E-state index contributed by atoms with van der Waals surface area (Å²) in [4.78, 5) is 27.0. The van der Waals surface area contributed by atoms with E-state index in [2.05, 4.69) is 62.5 Å². The standard InChI is InChI=1S/2C18H34O.C15H28N2O5/c2*1-2-3-4-5-6-7-8-9-10-11-12-13-14-15-16-17-18-19;1-16(2)9-7-13(18)20-11-12-5-6-15(21-12)22-14(19)8-10-17(3)4/h2*6-7,9-10,19H,2-5,8,11-18H2,1H3;12,15H,5-11H2,1-4H3/b2*7-6-,10-9-;/t;;12-,15-/m..0/s1. The molecule has 9 nitrogen and oxygen atoms in total. The van der Waals surface area contributed by atoms with Crippen molar-refractivity contribution in [1.82, 2.24) is 9.80 Å². The van der Waals surface area contributed by atoms with Gasteiger partial charge in [0.25, 0.3) is 0 Å². The molecule has 9 heteroatoms. The van der Waals surface area contributed by atoms with E-state index in [1.807, 2.05) is 38.0 Å². The minimum absolute atomic E-state index is 0.185. The summed E-state index contributed by atoms with van der Waals surface area (Å²) in [5.74, 6) is -0.494. The number of carbonyl (C=O) groups is 2. The van der Waals surface area contributed by atoms with Gasteiger partial charge in [0.1, 0.15) is 6.61 Å². The molecule has 0 aromatic carbocycles. The second-order valence-electron chi connectivity index (χ2n) is 16.7. The fraction of sp³-hybridized carbons (Fsp3) is 0.804. The van der Waals surface area contributed by atoms with Crippen LogP contribution in [0.3, 0.4) is 0 Å². The lowest BCUT2D eigenvalue weighted by atomic mass is 10.1. The van der Waals surface area contributed by atoms with Gasteiger partial charge in [0.05, 0.1) is 18.9 Å². The summed E-state index contributed by atoms with van der Waals surface area (Å²) in [6.07, 6.45) is 49.9. The molecule has 0 aromatic rings. The largest absolute Gasteiger partial charge is 0.463 e. The Labute approximate surface area is 370 Å². The fourth-order valence-corrected chi connectivity index (χ4v) is 6.18. The van der Waals surface area contributed by atoms with Crippen LogP contribution in [0.25, 0.3) is 0 Å². The van der Waals surface area contributed by atoms with Crippen molar-refractivity contribution in [2.75, 3.05) is 61.1 Å². The maximum absolute atomic E-state index is 11.6. The Morgan fingerprint density at radius 2 is 0.917 bits per heavy atom. The maximum atomic E-state index is 11.6. The van der Waals surface area contributed by atoms with Crippen LogP contribution in [0.15, 0.2) is 48.6 Å². The zero-order valence-corrected chi connectivity index (χ0v) is 39.9. The van der Waals surface area contributed by atoms with E-state index in [9.17, 15) is 9.59 Å². The summed E-state index contributed by atoms with van der Waals surface area (Å²) >= 11 is 0. The number of rotatable bonds is 37. The molecule has 0 saturated carbocycles. The van der Waals surface area contributed by atoms with Crippen molar-refractivity contribution in [1.29, 1.82) is 0 Å². The molecular formula is C51H96N2O7. The highest BCUT2D eigenvalue weighted by Gasteiger charge is 2.29. The number of ether oxygens (including phenoxy) is 3. The van der Waals surface area contributed by atoms with Gasteiger partial charge in [-0.05, 0) is 112 Å². The minimum Gasteiger partial charge on any atom is -0.463 e. The van der Waals surface area contributed by atoms with Crippen LogP contribution in [-0.4, -0.2) is 105 Å². The Kier molecular flexibility index (Phi) is 49.2. The van der Waals surface area contributed by atoms with Gasteiger partial charge in [-0.25, -0.2) is 0 Å². The highest BCUT2D eigenvalue weighted by Crippen LogP contribution is 2.21. The Morgan fingerprint density at radius 1 is 0.533 bits per heavy atom. The lowest BCUT2D eigenvalue weighted by molar-refractivity contribution is -0.180. The molecule has 1 heterocycles. The fourth-order valence-electron chi connectivity index (χ4n) is 6.18. The summed E-state index contributed by atoms with van der Waals surface area (Å²) < 4.78 is 16.0. The molecule has 1 fully saturated rings. The molecule has 0 spiro atoms. The molecule has 352 valence electrons. The van der Waals surface area contributed by atoms with Gasteiger partial charge in [0, 0.05) is 32.7 Å². The van der Waals surface area contributed by atoms with Gasteiger partial charge in [-0.3, -0.25) is 9.59 Å². The highest BCUT2D eigenvalue weighted by atomic mass is 16.7. The average Bonchev–Trinajstić information content (AvgIpc) is 3.68. The molecule has 0 bridgehead atoms. The van der Waals surface area contributed by atoms with Crippen molar-refractivity contribution < 1.29 is 34.0 Å². The van der Waals surface area contributed by atoms with Crippen LogP contribution in [-0.2, 0) is 23.8 Å². The van der Waals surface area contributed by atoms with Crippen LogP contribution < -0.4 is 0 Å². The molecule has 1 aliphatic rings. The van der Waals surface area contributed by atoms with E-state index in [0.29, 0.717) is 45.6 Å². The molecule has 0 amide bonds. The van der Waals surface area contributed by atoms with Crippen molar-refractivity contribution in [2.24, 2.45) is 0 Å². The number of hydrogen-bond acceptors (Lipinski definition) is 9. The minimum atomic E-state index is -0.514. The number of aliphatic hydroxyl groups excluding tert-OH is 2. The summed E-state index contributed by atoms with van der Waals surface area (Å²) in [6.45, 7) is 6.74. The number of allylic oxidation sites excluding steroid dienone is 8. The quantitative estimate of drug-likeness (QED) is 0.0359. The monoisotopic (exact) mass is 849 g/mol. The first-order valence-corrected chi connectivity index (χ1v) is 24.3. The van der Waals surface area contributed by atoms with E-state index in [0.717, 1.165) is 32.1 Å². The predicted octanol–water partition coefficient (Wildman–Crippen LogP) is 12.1. The van der Waals surface area contributed by atoms with Crippen molar-refractivity contribution in [3.63, 3.8) is 0 Å². The first kappa shape index (κ1) is 59.8. The van der Waals surface area contributed by atoms with Crippen molar-refractivity contribution >= 4 is 11.9 Å². The maximum Gasteiger partial charge on any atom is 0.309 e. The predicted molar refractivity (Wildman–Crippen MR) is 254 cm³/mol. The van der Waals surface area contributed by atoms with Crippen LogP contribution in [0.1, 0.15) is 194 Å². The third-order valence-electron chi connectivity index (χ3n) is 10.0. The van der Waals surface area contributed by atoms with Gasteiger partial charge in [0.15, 0.2) is 0 Å². The first-order chi connectivity index (χ1) is 29.2. The molecule has 60 heavy (non-hydrogen) atoms. The number of hydrogen-bond donors (Lipinski definition) is 2. The third kappa shape index (κ3) is 50.1. The molecule has 2 N–H and O–H groups in total. The smallest absolute Gasteiger partial charge is 0.309 e. The number of unbranched alkanes of at least 4 members (excludes halogenated alkanes) is 18. The van der Waals surface area contributed by atoms with E-state index in [1.54, 1.807) is 0 Å². The van der Waals surface area contributed by atoms with Crippen LogP contribution in [0.2, 0.25) is 0 Å². The molecule has 2 atom stereocenters.